The molecule has 1 aromatic carbocycles. The average Bonchev–Trinajstić information content (AvgIpc) is 2.70. The van der Waals surface area contributed by atoms with Gasteiger partial charge in [0.15, 0.2) is 0 Å². The molecule has 0 fully saturated rings. The summed E-state index contributed by atoms with van der Waals surface area (Å²) in [4.78, 5) is 25.9. The second kappa shape index (κ2) is 5.87. The van der Waals surface area contributed by atoms with Gasteiger partial charge in [0, 0.05) is 11.9 Å². The third-order valence-electron chi connectivity index (χ3n) is 4.50. The third-order valence-corrected chi connectivity index (χ3v) is 5.69. The number of fused-ring (bicyclic) bond motifs is 1. The number of hydrogen-bond donors (Lipinski definition) is 0. The number of amides is 1. The molecule has 1 heterocycles. The highest BCUT2D eigenvalue weighted by atomic mass is 79.9. The molecule has 1 aliphatic heterocycles. The molecular formula is C16H19BrFNO2. The Bertz CT molecular complexity index is 588. The number of anilines is 1. The monoisotopic (exact) mass is 355 g/mol. The maximum atomic E-state index is 13.5. The number of carbonyl (C=O) groups excluding carboxylic acids is 2. The second-order valence-corrected chi connectivity index (χ2v) is 6.24. The zero-order chi connectivity index (χ0) is 15.8. The molecule has 21 heavy (non-hydrogen) atoms. The summed E-state index contributed by atoms with van der Waals surface area (Å²) < 4.78 is 13.5. The van der Waals surface area contributed by atoms with Crippen molar-refractivity contribution in [1.82, 2.24) is 0 Å². The molecule has 0 spiro atoms. The summed E-state index contributed by atoms with van der Waals surface area (Å²) in [6, 6.07) is 2.53. The summed E-state index contributed by atoms with van der Waals surface area (Å²) in [5.74, 6) is -1.64. The van der Waals surface area contributed by atoms with Crippen molar-refractivity contribution in [2.24, 2.45) is 5.41 Å². The molecule has 0 atom stereocenters. The molecule has 0 N–H and O–H groups in total. The lowest BCUT2D eigenvalue weighted by atomic mass is 9.84. The van der Waals surface area contributed by atoms with Gasteiger partial charge in [-0.05, 0) is 42.9 Å². The number of benzene rings is 1. The van der Waals surface area contributed by atoms with Gasteiger partial charge < -0.3 is 4.90 Å². The number of rotatable bonds is 5. The van der Waals surface area contributed by atoms with Crippen LogP contribution in [0.4, 0.5) is 10.1 Å². The topological polar surface area (TPSA) is 37.4 Å². The molecule has 1 aliphatic rings. The lowest BCUT2D eigenvalue weighted by Gasteiger charge is -2.34. The number of nitrogens with zero attached hydrogens (tertiary/aromatic N) is 1. The van der Waals surface area contributed by atoms with Gasteiger partial charge in [-0.2, -0.15) is 0 Å². The Hall–Kier alpha value is -1.23. The third kappa shape index (κ3) is 2.63. The normalized spacial score (nSPS) is 14.8. The van der Waals surface area contributed by atoms with Crippen LogP contribution < -0.4 is 4.90 Å². The fourth-order valence-electron chi connectivity index (χ4n) is 2.80. The minimum Gasteiger partial charge on any atom is -0.304 e. The first-order valence-corrected chi connectivity index (χ1v) is 8.23. The average molecular weight is 356 g/mol. The van der Waals surface area contributed by atoms with Crippen LogP contribution in [0.3, 0.4) is 0 Å². The van der Waals surface area contributed by atoms with Crippen molar-refractivity contribution in [1.29, 1.82) is 0 Å². The van der Waals surface area contributed by atoms with E-state index in [9.17, 15) is 14.0 Å². The van der Waals surface area contributed by atoms with Crippen LogP contribution in [0.15, 0.2) is 12.1 Å². The van der Waals surface area contributed by atoms with Crippen LogP contribution in [0.2, 0.25) is 0 Å². The van der Waals surface area contributed by atoms with Gasteiger partial charge in [0.1, 0.15) is 5.82 Å². The lowest BCUT2D eigenvalue weighted by Crippen LogP contribution is -2.41. The highest BCUT2D eigenvalue weighted by Crippen LogP contribution is 2.38. The van der Waals surface area contributed by atoms with E-state index in [1.54, 1.807) is 6.92 Å². The molecular weight excluding hydrogens is 337 g/mol. The van der Waals surface area contributed by atoms with Crippen molar-refractivity contribution in [2.75, 3.05) is 16.8 Å². The Morgan fingerprint density at radius 2 is 1.86 bits per heavy atom. The van der Waals surface area contributed by atoms with Gasteiger partial charge in [-0.3, -0.25) is 9.59 Å². The molecule has 0 saturated carbocycles. The van der Waals surface area contributed by atoms with E-state index in [-0.39, 0.29) is 11.0 Å². The van der Waals surface area contributed by atoms with E-state index < -0.39 is 17.5 Å². The lowest BCUT2D eigenvalue weighted by molar-refractivity contribution is -0.114. The van der Waals surface area contributed by atoms with Crippen molar-refractivity contribution < 1.29 is 14.0 Å². The van der Waals surface area contributed by atoms with Gasteiger partial charge in [0.05, 0.1) is 11.3 Å². The Labute approximate surface area is 132 Å². The second-order valence-electron chi connectivity index (χ2n) is 5.68. The van der Waals surface area contributed by atoms with Crippen LogP contribution in [-0.4, -0.2) is 23.6 Å². The number of ketones is 1. The molecule has 0 unspecified atom stereocenters. The zero-order valence-electron chi connectivity index (χ0n) is 12.5. The first kappa shape index (κ1) is 16.1. The van der Waals surface area contributed by atoms with Crippen LogP contribution in [0.25, 0.3) is 0 Å². The maximum absolute atomic E-state index is 13.5. The molecule has 0 radical (unpaired) electrons. The molecule has 1 aromatic rings. The Kier molecular flexibility index (Phi) is 4.51. The van der Waals surface area contributed by atoms with E-state index in [1.807, 2.05) is 0 Å². The van der Waals surface area contributed by atoms with Gasteiger partial charge in [0.25, 0.3) is 11.7 Å². The van der Waals surface area contributed by atoms with Crippen molar-refractivity contribution in [3.63, 3.8) is 0 Å². The predicted octanol–water partition coefficient (Wildman–Crippen LogP) is 3.86. The standard InChI is InChI=1S/C16H19BrFNO2/c1-4-16(5-2,8-17)9-19-13-10(3)6-11(18)7-12(13)14(20)15(19)21/h6-7H,4-5,8-9H2,1-3H3. The smallest absolute Gasteiger partial charge is 0.299 e. The molecule has 2 rings (SSSR count). The van der Waals surface area contributed by atoms with Crippen LogP contribution in [0, 0.1) is 18.2 Å². The number of halogens is 2. The summed E-state index contributed by atoms with van der Waals surface area (Å²) in [6.07, 6.45) is 1.78. The van der Waals surface area contributed by atoms with Crippen LogP contribution in [-0.2, 0) is 4.79 Å². The van der Waals surface area contributed by atoms with Gasteiger partial charge >= 0.3 is 0 Å². The van der Waals surface area contributed by atoms with Gasteiger partial charge in [-0.25, -0.2) is 4.39 Å². The summed E-state index contributed by atoms with van der Waals surface area (Å²) in [7, 11) is 0. The summed E-state index contributed by atoms with van der Waals surface area (Å²) in [6.45, 7) is 6.35. The van der Waals surface area contributed by atoms with E-state index >= 15 is 0 Å². The quantitative estimate of drug-likeness (QED) is 0.593. The van der Waals surface area contributed by atoms with E-state index in [0.29, 0.717) is 17.8 Å². The maximum Gasteiger partial charge on any atom is 0.299 e. The van der Waals surface area contributed by atoms with E-state index in [0.717, 1.165) is 24.2 Å². The largest absolute Gasteiger partial charge is 0.304 e. The SMILES string of the molecule is CCC(CC)(CBr)CN1C(=O)C(=O)c2cc(F)cc(C)c21. The Morgan fingerprint density at radius 1 is 1.24 bits per heavy atom. The van der Waals surface area contributed by atoms with Crippen LogP contribution in [0.5, 0.6) is 0 Å². The van der Waals surface area contributed by atoms with E-state index in [1.165, 1.54) is 11.0 Å². The zero-order valence-corrected chi connectivity index (χ0v) is 14.1. The van der Waals surface area contributed by atoms with Crippen molar-refractivity contribution in [3.05, 3.63) is 29.1 Å². The molecule has 0 aromatic heterocycles. The van der Waals surface area contributed by atoms with Crippen molar-refractivity contribution >= 4 is 33.3 Å². The fourth-order valence-corrected chi connectivity index (χ4v) is 3.77. The molecule has 1 amide bonds. The minimum atomic E-state index is -0.608. The number of aryl methyl sites for hydroxylation is 1. The minimum absolute atomic E-state index is 0.0849. The Morgan fingerprint density at radius 3 is 2.38 bits per heavy atom. The number of hydrogen-bond acceptors (Lipinski definition) is 2. The Balaban J connectivity index is 2.49. The highest BCUT2D eigenvalue weighted by molar-refractivity contribution is 9.09. The van der Waals surface area contributed by atoms with Gasteiger partial charge in [-0.15, -0.1) is 0 Å². The van der Waals surface area contributed by atoms with Crippen molar-refractivity contribution in [2.45, 2.75) is 33.6 Å². The van der Waals surface area contributed by atoms with Crippen LogP contribution in [0.1, 0.15) is 42.6 Å². The summed E-state index contributed by atoms with van der Waals surface area (Å²) in [5, 5.41) is 0.751. The molecule has 3 nitrogen and oxygen atoms in total. The molecule has 0 bridgehead atoms. The van der Waals surface area contributed by atoms with Gasteiger partial charge in [-0.1, -0.05) is 29.8 Å². The van der Waals surface area contributed by atoms with Crippen molar-refractivity contribution in [3.8, 4) is 0 Å². The molecule has 0 aliphatic carbocycles. The van der Waals surface area contributed by atoms with Gasteiger partial charge in [0.2, 0.25) is 0 Å². The number of Topliss-reactive ketones (excluding diaryl/α,β-unsaturated/α-hetero) is 1. The molecule has 0 saturated heterocycles. The fraction of sp³-hybridized carbons (Fsp3) is 0.500. The summed E-state index contributed by atoms with van der Waals surface area (Å²) >= 11 is 3.52. The first-order chi connectivity index (χ1) is 9.89. The molecule has 114 valence electrons. The van der Waals surface area contributed by atoms with E-state index in [2.05, 4.69) is 29.8 Å². The number of carbonyl (C=O) groups is 2. The predicted molar refractivity (Wildman–Crippen MR) is 84.6 cm³/mol. The number of alkyl halides is 1. The highest BCUT2D eigenvalue weighted by Gasteiger charge is 2.41. The first-order valence-electron chi connectivity index (χ1n) is 7.11. The van der Waals surface area contributed by atoms with E-state index in [4.69, 9.17) is 0 Å². The molecule has 5 heteroatoms. The summed E-state index contributed by atoms with van der Waals surface area (Å²) in [5.41, 5.74) is 1.30. The van der Waals surface area contributed by atoms with Crippen LogP contribution >= 0.6 is 15.9 Å².